The largest absolute Gasteiger partial charge is 0.394 e. The highest BCUT2D eigenvalue weighted by molar-refractivity contribution is 5.85. The van der Waals surface area contributed by atoms with Crippen molar-refractivity contribution in [2.24, 2.45) is 5.73 Å². The van der Waals surface area contributed by atoms with E-state index in [4.69, 9.17) is 26.2 Å². The normalized spacial score (nSPS) is 12.9. The molecule has 0 aliphatic carbocycles. The lowest BCUT2D eigenvalue weighted by Gasteiger charge is -2.15. The number of primary amides is 1. The first-order valence-corrected chi connectivity index (χ1v) is 14.8. The van der Waals surface area contributed by atoms with E-state index in [0.717, 1.165) is 19.3 Å². The zero-order valence-electron chi connectivity index (χ0n) is 25.0. The van der Waals surface area contributed by atoms with E-state index in [2.05, 4.69) is 6.92 Å². The molecule has 0 fully saturated rings. The van der Waals surface area contributed by atoms with Gasteiger partial charge in [-0.2, -0.15) is 0 Å². The van der Waals surface area contributed by atoms with Crippen LogP contribution in [0.4, 0.5) is 0 Å². The average molecular weight is 557 g/mol. The van der Waals surface area contributed by atoms with Crippen LogP contribution < -0.4 is 5.73 Å². The third-order valence-corrected chi connectivity index (χ3v) is 6.20. The monoisotopic (exact) mass is 556 g/mol. The Bertz CT molecular complexity index is 431. The number of aliphatic hydroxyl groups is 4. The third-order valence-electron chi connectivity index (χ3n) is 6.20. The molecule has 0 aliphatic rings. The molecule has 8 heteroatoms. The summed E-state index contributed by atoms with van der Waals surface area (Å²) in [7, 11) is 3.71. The maximum absolute atomic E-state index is 10.6. The highest BCUT2D eigenvalue weighted by Gasteiger charge is 2.12. The van der Waals surface area contributed by atoms with E-state index < -0.39 is 12.2 Å². The first kappa shape index (κ1) is 43.6. The minimum absolute atomic E-state index is 0. The second kappa shape index (κ2) is 35.6. The van der Waals surface area contributed by atoms with E-state index in [9.17, 15) is 4.79 Å². The van der Waals surface area contributed by atoms with Crippen molar-refractivity contribution in [1.82, 2.24) is 4.90 Å². The summed E-state index contributed by atoms with van der Waals surface area (Å²) in [6.07, 6.45) is 21.0. The van der Waals surface area contributed by atoms with E-state index in [0.29, 0.717) is 12.8 Å². The Balaban J connectivity index is -0.000000265. The van der Waals surface area contributed by atoms with Gasteiger partial charge in [0.15, 0.2) is 0 Å². The molecule has 0 spiro atoms. The topological polar surface area (TPSA) is 127 Å². The summed E-state index contributed by atoms with van der Waals surface area (Å²) in [6, 6.07) is 0. The van der Waals surface area contributed by atoms with Crippen molar-refractivity contribution in [3.8, 4) is 0 Å². The molecular formula is C29H65ClN2O5. The highest BCUT2D eigenvalue weighted by Crippen LogP contribution is 2.13. The van der Waals surface area contributed by atoms with Gasteiger partial charge in [0.1, 0.15) is 12.3 Å². The van der Waals surface area contributed by atoms with Crippen LogP contribution in [-0.2, 0) is 4.79 Å². The van der Waals surface area contributed by atoms with Gasteiger partial charge in [0.2, 0.25) is 5.91 Å². The van der Waals surface area contributed by atoms with Crippen LogP contribution in [0.15, 0.2) is 0 Å². The predicted molar refractivity (Wildman–Crippen MR) is 160 cm³/mol. The lowest BCUT2D eigenvalue weighted by Crippen LogP contribution is -2.28. The van der Waals surface area contributed by atoms with Gasteiger partial charge in [-0.25, -0.2) is 0 Å². The van der Waals surface area contributed by atoms with Gasteiger partial charge >= 0.3 is 0 Å². The zero-order valence-corrected chi connectivity index (χ0v) is 25.8. The molecule has 0 bridgehead atoms. The van der Waals surface area contributed by atoms with Gasteiger partial charge in [-0.05, 0) is 33.4 Å². The van der Waals surface area contributed by atoms with Gasteiger partial charge in [-0.1, -0.05) is 117 Å². The molecular weight excluding hydrogens is 492 g/mol. The fraction of sp³-hybridized carbons (Fsp3) is 0.966. The average Bonchev–Trinajstić information content (AvgIpc) is 2.86. The SMILES string of the molecule is CCC(O)N(C)C.CCCC(O)C(O)CO.CCCCCCCCCCCCCCCCCC(N)=O.Cl. The van der Waals surface area contributed by atoms with E-state index in [1.807, 2.05) is 27.9 Å². The number of carbonyl (C=O) groups excluding carboxylic acids is 1. The molecule has 0 aromatic carbocycles. The number of nitrogens with zero attached hydrogens (tertiary/aromatic N) is 1. The zero-order chi connectivity index (χ0) is 28.0. The van der Waals surface area contributed by atoms with Gasteiger partial charge in [0.25, 0.3) is 0 Å². The summed E-state index contributed by atoms with van der Waals surface area (Å²) in [5.74, 6) is -0.153. The molecule has 0 aliphatic heterocycles. The molecule has 0 aromatic heterocycles. The molecule has 0 aromatic rings. The minimum atomic E-state index is -0.968. The first-order chi connectivity index (χ1) is 17.2. The van der Waals surface area contributed by atoms with Crippen LogP contribution in [0.1, 0.15) is 143 Å². The Labute approximate surface area is 236 Å². The molecule has 37 heavy (non-hydrogen) atoms. The molecule has 1 amide bonds. The standard InChI is InChI=1S/C18H37NO.C6H14O3.C5H13NO.ClH/c1-2-3-4-5-6-7-8-9-10-11-12-13-14-15-16-17-18(19)20;1-2-3-5(8)6(9)4-7;1-4-5(7)6(2)3;/h2-17H2,1H3,(H2,19,20);5-9H,2-4H2,1H3;5,7H,4H2,1-3H3;1H. The molecule has 3 unspecified atom stereocenters. The van der Waals surface area contributed by atoms with Crippen molar-refractivity contribution in [2.75, 3.05) is 20.7 Å². The third kappa shape index (κ3) is 40.2. The van der Waals surface area contributed by atoms with Crippen molar-refractivity contribution in [1.29, 1.82) is 0 Å². The van der Waals surface area contributed by atoms with Crippen molar-refractivity contribution in [2.45, 2.75) is 161 Å². The molecule has 0 heterocycles. The summed E-state index contributed by atoms with van der Waals surface area (Å²) in [5, 5.41) is 34.8. The molecule has 6 N–H and O–H groups in total. The predicted octanol–water partition coefficient (Wildman–Crippen LogP) is 5.93. The van der Waals surface area contributed by atoms with Crippen LogP contribution in [0.2, 0.25) is 0 Å². The van der Waals surface area contributed by atoms with Crippen molar-refractivity contribution in [3.63, 3.8) is 0 Å². The number of rotatable bonds is 22. The smallest absolute Gasteiger partial charge is 0.217 e. The van der Waals surface area contributed by atoms with Gasteiger partial charge in [0.05, 0.1) is 12.7 Å². The second-order valence-electron chi connectivity index (χ2n) is 10.1. The van der Waals surface area contributed by atoms with Gasteiger partial charge in [-0.3, -0.25) is 9.69 Å². The first-order valence-electron chi connectivity index (χ1n) is 14.8. The van der Waals surface area contributed by atoms with Crippen molar-refractivity contribution < 1.29 is 25.2 Å². The van der Waals surface area contributed by atoms with Crippen LogP contribution in [0.25, 0.3) is 0 Å². The molecule has 0 radical (unpaired) electrons. The lowest BCUT2D eigenvalue weighted by molar-refractivity contribution is -0.118. The van der Waals surface area contributed by atoms with E-state index in [-0.39, 0.29) is 31.1 Å². The number of nitrogens with two attached hydrogens (primary N) is 1. The Morgan fingerprint density at radius 1 is 0.676 bits per heavy atom. The molecule has 0 saturated carbocycles. The molecule has 7 nitrogen and oxygen atoms in total. The lowest BCUT2D eigenvalue weighted by atomic mass is 10.0. The van der Waals surface area contributed by atoms with E-state index in [1.54, 1.807) is 4.90 Å². The van der Waals surface area contributed by atoms with E-state index in [1.165, 1.54) is 89.9 Å². The van der Waals surface area contributed by atoms with Crippen LogP contribution in [-0.4, -0.2) is 70.4 Å². The number of hydrogen-bond donors (Lipinski definition) is 5. The maximum atomic E-state index is 10.6. The molecule has 228 valence electrons. The number of hydrogen-bond acceptors (Lipinski definition) is 6. The van der Waals surface area contributed by atoms with Crippen LogP contribution in [0.5, 0.6) is 0 Å². The Kier molecular flexibility index (Phi) is 41.9. The number of unbranched alkanes of at least 4 members (excludes halogenated alkanes) is 14. The Morgan fingerprint density at radius 2 is 1.05 bits per heavy atom. The second-order valence-corrected chi connectivity index (χ2v) is 10.1. The summed E-state index contributed by atoms with van der Waals surface area (Å²) >= 11 is 0. The summed E-state index contributed by atoms with van der Waals surface area (Å²) < 4.78 is 0. The van der Waals surface area contributed by atoms with Gasteiger partial charge in [-0.15, -0.1) is 12.4 Å². The summed E-state index contributed by atoms with van der Waals surface area (Å²) in [4.78, 5) is 12.3. The molecule has 0 rings (SSSR count). The summed E-state index contributed by atoms with van der Waals surface area (Å²) in [6.45, 7) is 5.77. The van der Waals surface area contributed by atoms with Crippen molar-refractivity contribution in [3.05, 3.63) is 0 Å². The number of amides is 1. The number of carbonyl (C=O) groups is 1. The van der Waals surface area contributed by atoms with Crippen LogP contribution in [0.3, 0.4) is 0 Å². The summed E-state index contributed by atoms with van der Waals surface area (Å²) in [5.41, 5.74) is 5.11. The quantitative estimate of drug-likeness (QED) is 0.0830. The number of halogens is 1. The minimum Gasteiger partial charge on any atom is -0.394 e. The van der Waals surface area contributed by atoms with Gasteiger partial charge < -0.3 is 26.2 Å². The fourth-order valence-electron chi connectivity index (χ4n) is 3.65. The van der Waals surface area contributed by atoms with Crippen molar-refractivity contribution >= 4 is 18.3 Å². The fourth-order valence-corrected chi connectivity index (χ4v) is 3.65. The maximum Gasteiger partial charge on any atom is 0.217 e. The Hall–Kier alpha value is -0.440. The van der Waals surface area contributed by atoms with Gasteiger partial charge in [0, 0.05) is 6.42 Å². The number of aliphatic hydroxyl groups excluding tert-OH is 4. The highest BCUT2D eigenvalue weighted by atomic mass is 35.5. The van der Waals surface area contributed by atoms with E-state index >= 15 is 0 Å². The van der Waals surface area contributed by atoms with Crippen LogP contribution in [0, 0.1) is 0 Å². The van der Waals surface area contributed by atoms with Crippen LogP contribution >= 0.6 is 12.4 Å². The Morgan fingerprint density at radius 3 is 1.30 bits per heavy atom. The molecule has 3 atom stereocenters. The molecule has 0 saturated heterocycles.